The highest BCUT2D eigenvalue weighted by molar-refractivity contribution is 6.22. The first-order valence-electron chi connectivity index (χ1n) is 9.22. The smallest absolute Gasteiger partial charge is 0.342 e. The number of unbranched alkanes of at least 4 members (excludes halogenated alkanes) is 4. The lowest BCUT2D eigenvalue weighted by molar-refractivity contribution is -0.151. The molecule has 6 nitrogen and oxygen atoms in total. The summed E-state index contributed by atoms with van der Waals surface area (Å²) in [6.45, 7) is 4.04. The normalized spacial score (nSPS) is 32.4. The SMILES string of the molecule is CCCCCCC[C@H](O)C1C(=O)O[C@H]2C(=O)C3=C(COC3=O)C[C@]12C. The lowest BCUT2D eigenvalue weighted by Gasteiger charge is -2.37. The summed E-state index contributed by atoms with van der Waals surface area (Å²) in [5, 5.41) is 10.6. The van der Waals surface area contributed by atoms with E-state index in [-0.39, 0.29) is 12.2 Å². The number of cyclic esters (lactones) is 1. The Morgan fingerprint density at radius 1 is 1.20 bits per heavy atom. The number of aliphatic hydroxyl groups is 1. The van der Waals surface area contributed by atoms with Gasteiger partial charge in [-0.25, -0.2) is 4.79 Å². The summed E-state index contributed by atoms with van der Waals surface area (Å²) in [6, 6.07) is 0. The number of hydrogen-bond donors (Lipinski definition) is 1. The number of rotatable bonds is 7. The molecule has 1 saturated heterocycles. The van der Waals surface area contributed by atoms with E-state index >= 15 is 0 Å². The van der Waals surface area contributed by atoms with Gasteiger partial charge in [-0.2, -0.15) is 0 Å². The molecule has 2 aliphatic heterocycles. The molecule has 0 aromatic heterocycles. The van der Waals surface area contributed by atoms with Gasteiger partial charge in [0, 0.05) is 5.41 Å². The summed E-state index contributed by atoms with van der Waals surface area (Å²) in [5.41, 5.74) is -0.138. The van der Waals surface area contributed by atoms with Crippen LogP contribution < -0.4 is 0 Å². The van der Waals surface area contributed by atoms with Crippen LogP contribution in [0.5, 0.6) is 0 Å². The van der Waals surface area contributed by atoms with Crippen molar-refractivity contribution in [1.82, 2.24) is 0 Å². The second kappa shape index (κ2) is 6.90. The predicted octanol–water partition coefficient (Wildman–Crippen LogP) is 2.08. The van der Waals surface area contributed by atoms with Crippen LogP contribution in [0.4, 0.5) is 0 Å². The summed E-state index contributed by atoms with van der Waals surface area (Å²) in [7, 11) is 0. The third kappa shape index (κ3) is 3.01. The highest BCUT2D eigenvalue weighted by atomic mass is 16.6. The maximum atomic E-state index is 12.6. The van der Waals surface area contributed by atoms with Crippen molar-refractivity contribution in [3.05, 3.63) is 11.1 Å². The Morgan fingerprint density at radius 3 is 2.64 bits per heavy atom. The zero-order valence-electron chi connectivity index (χ0n) is 14.9. The van der Waals surface area contributed by atoms with Gasteiger partial charge in [0.05, 0.1) is 12.0 Å². The molecule has 3 aliphatic rings. The number of aliphatic hydroxyl groups excluding tert-OH is 1. The molecule has 138 valence electrons. The Morgan fingerprint density at radius 2 is 1.92 bits per heavy atom. The van der Waals surface area contributed by atoms with Gasteiger partial charge in [-0.3, -0.25) is 9.59 Å². The first kappa shape index (κ1) is 18.1. The first-order valence-corrected chi connectivity index (χ1v) is 9.22. The van der Waals surface area contributed by atoms with Gasteiger partial charge >= 0.3 is 11.9 Å². The lowest BCUT2D eigenvalue weighted by atomic mass is 9.63. The fourth-order valence-corrected chi connectivity index (χ4v) is 4.48. The van der Waals surface area contributed by atoms with E-state index in [2.05, 4.69) is 6.92 Å². The Balaban J connectivity index is 1.73. The van der Waals surface area contributed by atoms with Crippen molar-refractivity contribution in [2.75, 3.05) is 6.61 Å². The van der Waals surface area contributed by atoms with E-state index in [0.29, 0.717) is 18.4 Å². The molecule has 1 unspecified atom stereocenters. The van der Waals surface area contributed by atoms with E-state index in [9.17, 15) is 19.5 Å². The summed E-state index contributed by atoms with van der Waals surface area (Å²) in [6.07, 6.45) is 4.35. The number of carbonyl (C=O) groups excluding carboxylic acids is 3. The largest absolute Gasteiger partial charge is 0.457 e. The maximum absolute atomic E-state index is 12.6. The number of Topliss-reactive ketones (excluding diaryl/α,β-unsaturated/α-hetero) is 1. The van der Waals surface area contributed by atoms with Crippen LogP contribution in [-0.2, 0) is 23.9 Å². The molecule has 0 saturated carbocycles. The number of ether oxygens (including phenoxy) is 2. The zero-order chi connectivity index (χ0) is 18.2. The summed E-state index contributed by atoms with van der Waals surface area (Å²) in [4.78, 5) is 36.8. The predicted molar refractivity (Wildman–Crippen MR) is 88.5 cm³/mol. The van der Waals surface area contributed by atoms with Gasteiger partial charge in [-0.05, 0) is 18.4 Å². The molecule has 25 heavy (non-hydrogen) atoms. The second-order valence-electron chi connectivity index (χ2n) is 7.67. The Labute approximate surface area is 147 Å². The van der Waals surface area contributed by atoms with E-state index in [0.717, 1.165) is 25.7 Å². The van der Waals surface area contributed by atoms with E-state index in [1.54, 1.807) is 6.92 Å². The molecule has 1 fully saturated rings. The van der Waals surface area contributed by atoms with Gasteiger partial charge in [-0.15, -0.1) is 0 Å². The Hall–Kier alpha value is -1.69. The highest BCUT2D eigenvalue weighted by Gasteiger charge is 2.63. The molecule has 4 atom stereocenters. The van der Waals surface area contributed by atoms with Crippen molar-refractivity contribution < 1.29 is 29.0 Å². The van der Waals surface area contributed by atoms with E-state index in [1.165, 1.54) is 6.42 Å². The summed E-state index contributed by atoms with van der Waals surface area (Å²) < 4.78 is 10.3. The molecule has 0 aromatic carbocycles. The molecular weight excluding hydrogens is 324 g/mol. The van der Waals surface area contributed by atoms with E-state index in [1.807, 2.05) is 0 Å². The van der Waals surface area contributed by atoms with Gasteiger partial charge in [0.2, 0.25) is 5.78 Å². The minimum atomic E-state index is -0.996. The van der Waals surface area contributed by atoms with Crippen molar-refractivity contribution in [2.24, 2.45) is 11.3 Å². The molecule has 0 amide bonds. The summed E-state index contributed by atoms with van der Waals surface area (Å²) in [5.74, 6) is -2.37. The van der Waals surface area contributed by atoms with Crippen LogP contribution in [0.1, 0.15) is 58.8 Å². The molecular formula is C19H26O6. The van der Waals surface area contributed by atoms with Crippen molar-refractivity contribution in [3.8, 4) is 0 Å². The molecule has 3 rings (SSSR count). The Kier molecular flexibility index (Phi) is 5.00. The molecule has 6 heteroatoms. The standard InChI is InChI=1S/C19H26O6/c1-3-4-5-6-7-8-12(20)14-18(23)25-16-15(21)13-11(9-19(14,16)2)10-24-17(13)22/h12,14,16,20H,3-10H2,1-2H3/t12-,14?,16-,19+/m0/s1. The van der Waals surface area contributed by atoms with Crippen LogP contribution in [-0.4, -0.2) is 41.6 Å². The minimum Gasteiger partial charge on any atom is -0.457 e. The van der Waals surface area contributed by atoms with Crippen LogP contribution in [0.15, 0.2) is 11.1 Å². The fourth-order valence-electron chi connectivity index (χ4n) is 4.48. The molecule has 0 bridgehead atoms. The van der Waals surface area contributed by atoms with Crippen molar-refractivity contribution >= 4 is 17.7 Å². The zero-order valence-corrected chi connectivity index (χ0v) is 14.9. The molecule has 1 N–H and O–H groups in total. The quantitative estimate of drug-likeness (QED) is 0.429. The first-order chi connectivity index (χ1) is 11.9. The third-order valence-electron chi connectivity index (χ3n) is 5.80. The molecule has 1 aliphatic carbocycles. The molecule has 0 radical (unpaired) electrons. The van der Waals surface area contributed by atoms with E-state index in [4.69, 9.17) is 9.47 Å². The number of carbonyl (C=O) groups is 3. The van der Waals surface area contributed by atoms with Crippen molar-refractivity contribution in [1.29, 1.82) is 0 Å². The second-order valence-corrected chi connectivity index (χ2v) is 7.67. The van der Waals surface area contributed by atoms with E-state index < -0.39 is 41.3 Å². The van der Waals surface area contributed by atoms with Gasteiger partial charge < -0.3 is 14.6 Å². The van der Waals surface area contributed by atoms with Crippen molar-refractivity contribution in [2.45, 2.75) is 71.0 Å². The number of ketones is 1. The van der Waals surface area contributed by atoms with Crippen molar-refractivity contribution in [3.63, 3.8) is 0 Å². The molecule has 2 heterocycles. The fraction of sp³-hybridized carbons (Fsp3) is 0.737. The number of fused-ring (bicyclic) bond motifs is 1. The highest BCUT2D eigenvalue weighted by Crippen LogP contribution is 2.52. The van der Waals surface area contributed by atoms with Crippen LogP contribution in [0.3, 0.4) is 0 Å². The number of esters is 2. The average Bonchev–Trinajstić information content (AvgIpc) is 3.04. The monoisotopic (exact) mass is 350 g/mol. The maximum Gasteiger partial charge on any atom is 0.342 e. The van der Waals surface area contributed by atoms with Gasteiger partial charge in [0.1, 0.15) is 12.2 Å². The summed E-state index contributed by atoms with van der Waals surface area (Å²) >= 11 is 0. The topological polar surface area (TPSA) is 89.9 Å². The van der Waals surface area contributed by atoms with Crippen LogP contribution in [0, 0.1) is 11.3 Å². The van der Waals surface area contributed by atoms with Gasteiger partial charge in [-0.1, -0.05) is 46.0 Å². The Bertz CT molecular complexity index is 621. The average molecular weight is 350 g/mol. The van der Waals surface area contributed by atoms with Crippen LogP contribution in [0.2, 0.25) is 0 Å². The van der Waals surface area contributed by atoms with Gasteiger partial charge in [0.15, 0.2) is 6.10 Å². The van der Waals surface area contributed by atoms with Crippen LogP contribution in [0.25, 0.3) is 0 Å². The van der Waals surface area contributed by atoms with Crippen LogP contribution >= 0.6 is 0 Å². The molecule has 0 aromatic rings. The number of hydrogen-bond acceptors (Lipinski definition) is 6. The lowest BCUT2D eigenvalue weighted by Crippen LogP contribution is -2.47. The minimum absolute atomic E-state index is 0.0463. The third-order valence-corrected chi connectivity index (χ3v) is 5.80. The van der Waals surface area contributed by atoms with Gasteiger partial charge in [0.25, 0.3) is 0 Å². The molecule has 0 spiro atoms.